The van der Waals surface area contributed by atoms with Crippen LogP contribution in [0.1, 0.15) is 15.9 Å². The van der Waals surface area contributed by atoms with Gasteiger partial charge in [0.05, 0.1) is 25.4 Å². The molecular formula is C11H11NO5. The highest BCUT2D eigenvalue weighted by atomic mass is 16.6. The lowest BCUT2D eigenvalue weighted by molar-refractivity contribution is -0.385. The summed E-state index contributed by atoms with van der Waals surface area (Å²) in [6.07, 6.45) is 2.78. The number of carbonyl (C=O) groups excluding carboxylic acids is 1. The highest BCUT2D eigenvalue weighted by molar-refractivity contribution is 5.97. The zero-order chi connectivity index (χ0) is 12.8. The highest BCUT2D eigenvalue weighted by Crippen LogP contribution is 2.24. The first-order valence-corrected chi connectivity index (χ1v) is 4.67. The Morgan fingerprint density at radius 1 is 1.41 bits per heavy atom. The number of ether oxygens (including phenoxy) is 2. The second kappa shape index (κ2) is 5.64. The van der Waals surface area contributed by atoms with Gasteiger partial charge in [-0.3, -0.25) is 10.1 Å². The molecule has 0 saturated carbocycles. The van der Waals surface area contributed by atoms with E-state index in [-0.39, 0.29) is 11.3 Å². The summed E-state index contributed by atoms with van der Waals surface area (Å²) in [7, 11) is 2.61. The lowest BCUT2D eigenvalue weighted by atomic mass is 10.1. The summed E-state index contributed by atoms with van der Waals surface area (Å²) in [5.74, 6) is -0.756. The molecule has 0 amide bonds. The average Bonchev–Trinajstić information content (AvgIpc) is 2.34. The molecule has 0 saturated heterocycles. The van der Waals surface area contributed by atoms with Crippen molar-refractivity contribution in [2.75, 3.05) is 14.2 Å². The predicted octanol–water partition coefficient (Wildman–Crippen LogP) is 2.00. The Hall–Kier alpha value is -2.37. The van der Waals surface area contributed by atoms with E-state index in [0.29, 0.717) is 5.56 Å². The van der Waals surface area contributed by atoms with Gasteiger partial charge in [0.25, 0.3) is 5.69 Å². The maximum Gasteiger partial charge on any atom is 0.345 e. The van der Waals surface area contributed by atoms with Crippen LogP contribution in [0.2, 0.25) is 0 Å². The van der Waals surface area contributed by atoms with E-state index in [1.165, 1.54) is 38.7 Å². The minimum absolute atomic E-state index is 0.0895. The van der Waals surface area contributed by atoms with Crippen LogP contribution in [0.3, 0.4) is 0 Å². The highest BCUT2D eigenvalue weighted by Gasteiger charge is 2.23. The van der Waals surface area contributed by atoms with Gasteiger partial charge in [0.15, 0.2) is 0 Å². The normalized spacial score (nSPS) is 10.2. The molecule has 0 bridgehead atoms. The smallest absolute Gasteiger partial charge is 0.345 e. The number of nitro groups is 1. The number of esters is 1. The van der Waals surface area contributed by atoms with Crippen molar-refractivity contribution >= 4 is 17.7 Å². The first-order chi connectivity index (χ1) is 8.11. The third-order valence-corrected chi connectivity index (χ3v) is 2.04. The molecule has 0 aliphatic rings. The molecule has 1 rings (SSSR count). The van der Waals surface area contributed by atoms with Crippen molar-refractivity contribution in [2.45, 2.75) is 0 Å². The SMILES string of the molecule is COC=Cc1cccc([N+](=O)[O-])c1C(=O)OC. The van der Waals surface area contributed by atoms with Crippen LogP contribution < -0.4 is 0 Å². The maximum atomic E-state index is 11.5. The van der Waals surface area contributed by atoms with E-state index in [0.717, 1.165) is 0 Å². The molecule has 6 nitrogen and oxygen atoms in total. The van der Waals surface area contributed by atoms with Crippen LogP contribution in [0.4, 0.5) is 5.69 Å². The summed E-state index contributed by atoms with van der Waals surface area (Å²) in [5.41, 5.74) is -0.0173. The monoisotopic (exact) mass is 237 g/mol. The number of hydrogen-bond donors (Lipinski definition) is 0. The second-order valence-corrected chi connectivity index (χ2v) is 3.03. The molecule has 0 aromatic heterocycles. The number of nitrogens with zero attached hydrogens (tertiary/aromatic N) is 1. The van der Waals surface area contributed by atoms with Gasteiger partial charge in [-0.25, -0.2) is 4.79 Å². The Balaban J connectivity index is 3.39. The van der Waals surface area contributed by atoms with E-state index in [1.807, 2.05) is 0 Å². The van der Waals surface area contributed by atoms with Gasteiger partial charge < -0.3 is 9.47 Å². The average molecular weight is 237 g/mol. The standard InChI is InChI=1S/C11H11NO5/c1-16-7-6-8-4-3-5-9(12(14)15)10(8)11(13)17-2/h3-7H,1-2H3. The van der Waals surface area contributed by atoms with Crippen LogP contribution in [0.25, 0.3) is 6.08 Å². The van der Waals surface area contributed by atoms with Crippen LogP contribution in [0, 0.1) is 10.1 Å². The van der Waals surface area contributed by atoms with Crippen LogP contribution in [0.5, 0.6) is 0 Å². The molecule has 90 valence electrons. The molecule has 6 heteroatoms. The Morgan fingerprint density at radius 2 is 2.12 bits per heavy atom. The van der Waals surface area contributed by atoms with Crippen molar-refractivity contribution in [2.24, 2.45) is 0 Å². The maximum absolute atomic E-state index is 11.5. The van der Waals surface area contributed by atoms with E-state index in [2.05, 4.69) is 4.74 Å². The van der Waals surface area contributed by atoms with E-state index < -0.39 is 10.9 Å². The summed E-state index contributed by atoms with van der Waals surface area (Å²) < 4.78 is 9.24. The molecule has 0 heterocycles. The number of carbonyl (C=O) groups is 1. The molecular weight excluding hydrogens is 226 g/mol. The van der Waals surface area contributed by atoms with Crippen molar-refractivity contribution in [1.82, 2.24) is 0 Å². The number of benzene rings is 1. The first-order valence-electron chi connectivity index (χ1n) is 4.67. The second-order valence-electron chi connectivity index (χ2n) is 3.03. The largest absolute Gasteiger partial charge is 0.504 e. The fourth-order valence-electron chi connectivity index (χ4n) is 1.31. The zero-order valence-corrected chi connectivity index (χ0v) is 9.38. The van der Waals surface area contributed by atoms with Gasteiger partial charge in [-0.1, -0.05) is 12.1 Å². The van der Waals surface area contributed by atoms with Crippen molar-refractivity contribution in [3.05, 3.63) is 45.7 Å². The van der Waals surface area contributed by atoms with Gasteiger partial charge in [0.1, 0.15) is 5.56 Å². The molecule has 0 radical (unpaired) electrons. The minimum atomic E-state index is -0.756. The van der Waals surface area contributed by atoms with Gasteiger partial charge in [-0.05, 0) is 11.6 Å². The lowest BCUT2D eigenvalue weighted by Gasteiger charge is -2.04. The number of nitro benzene ring substituents is 1. The van der Waals surface area contributed by atoms with Crippen molar-refractivity contribution in [3.63, 3.8) is 0 Å². The number of methoxy groups -OCH3 is 2. The molecule has 0 fully saturated rings. The third-order valence-electron chi connectivity index (χ3n) is 2.04. The molecule has 0 atom stereocenters. The Kier molecular flexibility index (Phi) is 4.21. The number of rotatable bonds is 4. The van der Waals surface area contributed by atoms with Crippen LogP contribution in [-0.4, -0.2) is 25.1 Å². The molecule has 0 spiro atoms. The van der Waals surface area contributed by atoms with Gasteiger partial charge in [-0.15, -0.1) is 0 Å². The topological polar surface area (TPSA) is 78.7 Å². The Bertz CT molecular complexity index is 467. The summed E-state index contributed by atoms with van der Waals surface area (Å²) in [6.45, 7) is 0. The summed E-state index contributed by atoms with van der Waals surface area (Å²) in [5, 5.41) is 10.8. The van der Waals surface area contributed by atoms with E-state index in [9.17, 15) is 14.9 Å². The summed E-state index contributed by atoms with van der Waals surface area (Å²) in [4.78, 5) is 21.7. The van der Waals surface area contributed by atoms with Gasteiger partial charge in [-0.2, -0.15) is 0 Å². The van der Waals surface area contributed by atoms with Crippen molar-refractivity contribution in [1.29, 1.82) is 0 Å². The molecule has 1 aromatic rings. The molecule has 0 unspecified atom stereocenters. The molecule has 0 N–H and O–H groups in total. The van der Waals surface area contributed by atoms with Crippen LogP contribution in [-0.2, 0) is 9.47 Å². The predicted molar refractivity (Wildman–Crippen MR) is 60.5 cm³/mol. The third kappa shape index (κ3) is 2.81. The van der Waals surface area contributed by atoms with E-state index >= 15 is 0 Å². The summed E-state index contributed by atoms with van der Waals surface area (Å²) in [6, 6.07) is 4.30. The Labute approximate surface area is 97.6 Å². The quantitative estimate of drug-likeness (QED) is 0.346. The molecule has 0 aliphatic carbocycles. The van der Waals surface area contributed by atoms with Gasteiger partial charge >= 0.3 is 5.97 Å². The van der Waals surface area contributed by atoms with Crippen LogP contribution in [0.15, 0.2) is 24.5 Å². The summed E-state index contributed by atoms with van der Waals surface area (Å²) >= 11 is 0. The van der Waals surface area contributed by atoms with Crippen molar-refractivity contribution in [3.8, 4) is 0 Å². The zero-order valence-electron chi connectivity index (χ0n) is 9.38. The molecule has 0 aliphatic heterocycles. The first kappa shape index (κ1) is 12.7. The fourth-order valence-corrected chi connectivity index (χ4v) is 1.31. The van der Waals surface area contributed by atoms with E-state index in [4.69, 9.17) is 4.74 Å². The lowest BCUT2D eigenvalue weighted by Crippen LogP contribution is -2.07. The van der Waals surface area contributed by atoms with Crippen molar-refractivity contribution < 1.29 is 19.2 Å². The van der Waals surface area contributed by atoms with Gasteiger partial charge in [0, 0.05) is 6.07 Å². The Morgan fingerprint density at radius 3 is 2.65 bits per heavy atom. The molecule has 1 aromatic carbocycles. The van der Waals surface area contributed by atoms with Crippen LogP contribution >= 0.6 is 0 Å². The van der Waals surface area contributed by atoms with E-state index in [1.54, 1.807) is 6.07 Å². The molecule has 17 heavy (non-hydrogen) atoms. The van der Waals surface area contributed by atoms with Gasteiger partial charge in [0.2, 0.25) is 0 Å². The number of hydrogen-bond acceptors (Lipinski definition) is 5. The minimum Gasteiger partial charge on any atom is -0.504 e. The fraction of sp³-hybridized carbons (Fsp3) is 0.182.